The van der Waals surface area contributed by atoms with E-state index in [9.17, 15) is 9.18 Å². The van der Waals surface area contributed by atoms with Gasteiger partial charge in [-0.05, 0) is 48.4 Å². The lowest BCUT2D eigenvalue weighted by Crippen LogP contribution is -2.32. The summed E-state index contributed by atoms with van der Waals surface area (Å²) in [6, 6.07) is 12.3. The maximum Gasteiger partial charge on any atom is 0.252 e. The fourth-order valence-electron chi connectivity index (χ4n) is 2.76. The van der Waals surface area contributed by atoms with Crippen LogP contribution in [0.3, 0.4) is 0 Å². The van der Waals surface area contributed by atoms with Gasteiger partial charge >= 0.3 is 0 Å². The molecule has 2 aromatic carbocycles. The molecule has 0 fully saturated rings. The van der Waals surface area contributed by atoms with Crippen molar-refractivity contribution >= 4 is 5.91 Å². The van der Waals surface area contributed by atoms with Gasteiger partial charge in [-0.15, -0.1) is 0 Å². The summed E-state index contributed by atoms with van der Waals surface area (Å²) in [6.45, 7) is 3.99. The molecule has 0 unspecified atom stereocenters. The number of aromatic nitrogens is 2. The first-order valence-electron chi connectivity index (χ1n) is 9.06. The van der Waals surface area contributed by atoms with Crippen molar-refractivity contribution in [2.75, 3.05) is 7.11 Å². The summed E-state index contributed by atoms with van der Waals surface area (Å²) in [7, 11) is 1.60. The molecule has 1 N–H and O–H groups in total. The molecule has 0 saturated carbocycles. The average molecular weight is 383 g/mol. The van der Waals surface area contributed by atoms with Crippen LogP contribution >= 0.6 is 0 Å². The number of carbonyl (C=O) groups excluding carboxylic acids is 1. The molecular weight excluding hydrogens is 361 g/mol. The first kappa shape index (κ1) is 19.5. The summed E-state index contributed by atoms with van der Waals surface area (Å²) in [4.78, 5) is 17.0. The minimum atomic E-state index is -0.486. The zero-order valence-electron chi connectivity index (χ0n) is 16.0. The highest BCUT2D eigenvalue weighted by Crippen LogP contribution is 2.27. The van der Waals surface area contributed by atoms with Gasteiger partial charge in [0.2, 0.25) is 11.7 Å². The average Bonchev–Trinajstić information content (AvgIpc) is 3.21. The Morgan fingerprint density at radius 2 is 2.00 bits per heavy atom. The molecule has 3 rings (SSSR count). The predicted molar refractivity (Wildman–Crippen MR) is 102 cm³/mol. The molecule has 7 heteroatoms. The van der Waals surface area contributed by atoms with E-state index in [1.165, 1.54) is 18.2 Å². The summed E-state index contributed by atoms with van der Waals surface area (Å²) in [6.07, 6.45) is 0.786. The monoisotopic (exact) mass is 383 g/mol. The van der Waals surface area contributed by atoms with Gasteiger partial charge in [-0.2, -0.15) is 4.98 Å². The molecule has 146 valence electrons. The van der Waals surface area contributed by atoms with E-state index < -0.39 is 17.8 Å². The van der Waals surface area contributed by atoms with E-state index in [0.29, 0.717) is 11.7 Å². The molecule has 3 aromatic rings. The molecule has 0 spiro atoms. The molecular formula is C21H22FN3O3. The Labute approximate surface area is 162 Å². The molecule has 0 aliphatic rings. The van der Waals surface area contributed by atoms with Crippen LogP contribution in [0.2, 0.25) is 0 Å². The van der Waals surface area contributed by atoms with E-state index in [4.69, 9.17) is 9.26 Å². The number of rotatable bonds is 7. The largest absolute Gasteiger partial charge is 0.497 e. The lowest BCUT2D eigenvalue weighted by molar-refractivity contribution is 0.0909. The quantitative estimate of drug-likeness (QED) is 0.654. The van der Waals surface area contributed by atoms with Crippen LogP contribution < -0.4 is 10.1 Å². The maximum absolute atomic E-state index is 13.4. The van der Waals surface area contributed by atoms with E-state index in [2.05, 4.69) is 15.5 Å². The second-order valence-corrected chi connectivity index (χ2v) is 6.53. The third-order valence-electron chi connectivity index (χ3n) is 4.64. The minimum Gasteiger partial charge on any atom is -0.497 e. The Morgan fingerprint density at radius 3 is 2.64 bits per heavy atom. The fraction of sp³-hybridized carbons (Fsp3) is 0.286. The van der Waals surface area contributed by atoms with Crippen LogP contribution in [0.1, 0.15) is 42.6 Å². The smallest absolute Gasteiger partial charge is 0.252 e. The second kappa shape index (κ2) is 8.65. The Morgan fingerprint density at radius 1 is 1.25 bits per heavy atom. The number of nitrogens with one attached hydrogen (secondary N) is 1. The molecule has 1 amide bonds. The standard InChI is InChI=1S/C21H22FN3O3/c1-4-13(2)18(23-20(26)15-6-5-7-16(22)12-15)21-24-19(25-28-21)14-8-10-17(27-3)11-9-14/h5-13,18H,4H2,1-3H3,(H,23,26)/t13-,18-/m0/s1. The first-order valence-corrected chi connectivity index (χ1v) is 9.06. The highest BCUT2D eigenvalue weighted by Gasteiger charge is 2.27. The van der Waals surface area contributed by atoms with Crippen molar-refractivity contribution in [3.63, 3.8) is 0 Å². The van der Waals surface area contributed by atoms with Gasteiger partial charge in [-0.25, -0.2) is 4.39 Å². The molecule has 1 heterocycles. The molecule has 28 heavy (non-hydrogen) atoms. The molecule has 2 atom stereocenters. The van der Waals surface area contributed by atoms with E-state index in [-0.39, 0.29) is 11.5 Å². The van der Waals surface area contributed by atoms with Gasteiger partial charge in [0, 0.05) is 11.1 Å². The third kappa shape index (κ3) is 4.36. The van der Waals surface area contributed by atoms with Crippen LogP contribution in [-0.2, 0) is 0 Å². The van der Waals surface area contributed by atoms with Crippen molar-refractivity contribution < 1.29 is 18.4 Å². The van der Waals surface area contributed by atoms with Crippen LogP contribution in [0.15, 0.2) is 53.1 Å². The second-order valence-electron chi connectivity index (χ2n) is 6.53. The zero-order chi connectivity index (χ0) is 20.1. The number of halogens is 1. The number of methoxy groups -OCH3 is 1. The van der Waals surface area contributed by atoms with E-state index in [1.807, 2.05) is 38.1 Å². The highest BCUT2D eigenvalue weighted by molar-refractivity contribution is 5.94. The third-order valence-corrected chi connectivity index (χ3v) is 4.64. The molecule has 6 nitrogen and oxygen atoms in total. The Balaban J connectivity index is 1.84. The summed E-state index contributed by atoms with van der Waals surface area (Å²) >= 11 is 0. The lowest BCUT2D eigenvalue weighted by atomic mass is 9.98. The Kier molecular flexibility index (Phi) is 6.03. The SMILES string of the molecule is CC[C@H](C)[C@H](NC(=O)c1cccc(F)c1)c1nc(-c2ccc(OC)cc2)no1. The topological polar surface area (TPSA) is 77.2 Å². The van der Waals surface area contributed by atoms with Crippen LogP contribution in [0, 0.1) is 11.7 Å². The molecule has 0 aliphatic carbocycles. The van der Waals surface area contributed by atoms with E-state index >= 15 is 0 Å². The van der Waals surface area contributed by atoms with Crippen molar-refractivity contribution in [2.45, 2.75) is 26.3 Å². The van der Waals surface area contributed by atoms with Crippen LogP contribution in [0.25, 0.3) is 11.4 Å². The molecule has 0 saturated heterocycles. The number of carbonyl (C=O) groups is 1. The van der Waals surface area contributed by atoms with Gasteiger partial charge < -0.3 is 14.6 Å². The predicted octanol–water partition coefficient (Wildman–Crippen LogP) is 4.40. The number of nitrogens with zero attached hydrogens (tertiary/aromatic N) is 2. The zero-order valence-corrected chi connectivity index (χ0v) is 16.0. The highest BCUT2D eigenvalue weighted by atomic mass is 19.1. The lowest BCUT2D eigenvalue weighted by Gasteiger charge is -2.20. The van der Waals surface area contributed by atoms with E-state index in [1.54, 1.807) is 13.2 Å². The van der Waals surface area contributed by atoms with Gasteiger partial charge in [-0.3, -0.25) is 4.79 Å². The molecule has 1 aromatic heterocycles. The summed E-state index contributed by atoms with van der Waals surface area (Å²) in [5.41, 5.74) is 1.01. The van der Waals surface area contributed by atoms with E-state index in [0.717, 1.165) is 17.7 Å². The van der Waals surface area contributed by atoms with Gasteiger partial charge in [0.25, 0.3) is 5.91 Å². The summed E-state index contributed by atoms with van der Waals surface area (Å²) in [5, 5.41) is 6.92. The van der Waals surface area contributed by atoms with Crippen molar-refractivity contribution in [3.8, 4) is 17.1 Å². The Hall–Kier alpha value is -3.22. The van der Waals surface area contributed by atoms with Crippen molar-refractivity contribution in [1.82, 2.24) is 15.5 Å². The number of hydrogen-bond donors (Lipinski definition) is 1. The summed E-state index contributed by atoms with van der Waals surface area (Å²) < 4.78 is 24.0. The van der Waals surface area contributed by atoms with Gasteiger partial charge in [0.05, 0.1) is 7.11 Å². The fourth-order valence-corrected chi connectivity index (χ4v) is 2.76. The van der Waals surface area contributed by atoms with Gasteiger partial charge in [0.15, 0.2) is 0 Å². The van der Waals surface area contributed by atoms with Crippen LogP contribution in [-0.4, -0.2) is 23.2 Å². The van der Waals surface area contributed by atoms with Crippen LogP contribution in [0.5, 0.6) is 5.75 Å². The van der Waals surface area contributed by atoms with Crippen LogP contribution in [0.4, 0.5) is 4.39 Å². The van der Waals surface area contributed by atoms with Crippen molar-refractivity contribution in [2.24, 2.45) is 5.92 Å². The minimum absolute atomic E-state index is 0.0432. The maximum atomic E-state index is 13.4. The van der Waals surface area contributed by atoms with Crippen molar-refractivity contribution in [3.05, 3.63) is 65.8 Å². The first-order chi connectivity index (χ1) is 13.5. The molecule has 0 radical (unpaired) electrons. The molecule has 0 aliphatic heterocycles. The summed E-state index contributed by atoms with van der Waals surface area (Å²) in [5.74, 6) is 0.645. The van der Waals surface area contributed by atoms with Crippen molar-refractivity contribution in [1.29, 1.82) is 0 Å². The van der Waals surface area contributed by atoms with Gasteiger partial charge in [0.1, 0.15) is 17.6 Å². The number of hydrogen-bond acceptors (Lipinski definition) is 5. The number of ether oxygens (including phenoxy) is 1. The van der Waals surface area contributed by atoms with Gasteiger partial charge in [-0.1, -0.05) is 31.5 Å². The normalized spacial score (nSPS) is 13.0. The Bertz CT molecular complexity index is 940. The molecule has 0 bridgehead atoms. The number of benzene rings is 2. The number of amides is 1.